The summed E-state index contributed by atoms with van der Waals surface area (Å²) >= 11 is 0. The Bertz CT molecular complexity index is 364. The van der Waals surface area contributed by atoms with Crippen LogP contribution in [0.2, 0.25) is 0 Å². The van der Waals surface area contributed by atoms with Crippen LogP contribution in [-0.4, -0.2) is 47.3 Å². The number of amides is 1. The van der Waals surface area contributed by atoms with E-state index < -0.39 is 0 Å². The molecule has 1 rings (SSSR count). The number of ether oxygens (including phenoxy) is 1. The Labute approximate surface area is 101 Å². The van der Waals surface area contributed by atoms with Crippen molar-refractivity contribution in [3.8, 4) is 0 Å². The largest absolute Gasteiger partial charge is 0.382 e. The Hall–Kier alpha value is -1.69. The van der Waals surface area contributed by atoms with Gasteiger partial charge in [-0.3, -0.25) is 4.79 Å². The van der Waals surface area contributed by atoms with E-state index in [9.17, 15) is 4.79 Å². The molecule has 0 aliphatic carbocycles. The summed E-state index contributed by atoms with van der Waals surface area (Å²) in [7, 11) is 1.70. The molecular weight excluding hydrogens is 220 g/mol. The minimum absolute atomic E-state index is 0.162. The Morgan fingerprint density at radius 2 is 2.18 bits per heavy atom. The van der Waals surface area contributed by atoms with Gasteiger partial charge in [0.05, 0.1) is 12.7 Å². The van der Waals surface area contributed by atoms with Crippen LogP contribution in [-0.2, 0) is 4.74 Å². The number of anilines is 1. The van der Waals surface area contributed by atoms with Gasteiger partial charge in [0.2, 0.25) is 0 Å². The number of nitrogen functional groups attached to an aromatic ring is 1. The lowest BCUT2D eigenvalue weighted by molar-refractivity contribution is 0.0528. The van der Waals surface area contributed by atoms with Crippen LogP contribution in [0.5, 0.6) is 0 Å². The van der Waals surface area contributed by atoms with Gasteiger partial charge < -0.3 is 15.4 Å². The Morgan fingerprint density at radius 1 is 1.47 bits per heavy atom. The van der Waals surface area contributed by atoms with E-state index in [0.717, 1.165) is 0 Å². The maximum absolute atomic E-state index is 11.9. The molecule has 94 valence electrons. The fourth-order valence-electron chi connectivity index (χ4n) is 1.18. The highest BCUT2D eigenvalue weighted by molar-refractivity contribution is 5.92. The van der Waals surface area contributed by atoms with Crippen molar-refractivity contribution in [3.05, 3.63) is 17.8 Å². The number of rotatable bonds is 5. The van der Waals surface area contributed by atoms with Crippen molar-refractivity contribution in [1.29, 1.82) is 0 Å². The Balaban J connectivity index is 2.49. The molecule has 1 amide bonds. The first-order chi connectivity index (χ1) is 8.00. The van der Waals surface area contributed by atoms with Gasteiger partial charge in [0.15, 0.2) is 5.69 Å². The molecule has 0 radical (unpaired) electrons. The molecule has 17 heavy (non-hydrogen) atoms. The van der Waals surface area contributed by atoms with Crippen LogP contribution in [0.3, 0.4) is 0 Å². The van der Waals surface area contributed by atoms with Gasteiger partial charge in [-0.15, -0.1) is 10.2 Å². The second kappa shape index (κ2) is 6.15. The molecule has 1 aromatic heterocycles. The smallest absolute Gasteiger partial charge is 0.274 e. The Kier molecular flexibility index (Phi) is 4.84. The second-order valence-electron chi connectivity index (χ2n) is 3.99. The molecule has 0 aliphatic heterocycles. The number of nitrogens with two attached hydrogens (primary N) is 1. The monoisotopic (exact) mass is 238 g/mol. The molecule has 0 saturated carbocycles. The van der Waals surface area contributed by atoms with Crippen molar-refractivity contribution < 1.29 is 9.53 Å². The van der Waals surface area contributed by atoms with Gasteiger partial charge in [0, 0.05) is 13.6 Å². The fourth-order valence-corrected chi connectivity index (χ4v) is 1.18. The average molecular weight is 238 g/mol. The van der Waals surface area contributed by atoms with Gasteiger partial charge in [-0.2, -0.15) is 0 Å². The standard InChI is InChI=1S/C11H18N4O2/c1-8(2)17-7-6-15(3)11(16)9-4-5-10(12)14-13-9/h4-5,8H,6-7H2,1-3H3,(H2,12,14). The zero-order valence-electron chi connectivity index (χ0n) is 10.4. The molecule has 1 aromatic rings. The molecule has 6 nitrogen and oxygen atoms in total. The third kappa shape index (κ3) is 4.36. The highest BCUT2D eigenvalue weighted by Crippen LogP contribution is 2.01. The van der Waals surface area contributed by atoms with Crippen molar-refractivity contribution >= 4 is 11.7 Å². The molecular formula is C11H18N4O2. The van der Waals surface area contributed by atoms with E-state index >= 15 is 0 Å². The lowest BCUT2D eigenvalue weighted by Crippen LogP contribution is -2.31. The van der Waals surface area contributed by atoms with Gasteiger partial charge in [-0.1, -0.05) is 0 Å². The fraction of sp³-hybridized carbons (Fsp3) is 0.545. The molecule has 0 unspecified atom stereocenters. The first-order valence-corrected chi connectivity index (χ1v) is 5.47. The SMILES string of the molecule is CC(C)OCCN(C)C(=O)c1ccc(N)nn1. The van der Waals surface area contributed by atoms with Crippen LogP contribution in [0.15, 0.2) is 12.1 Å². The lowest BCUT2D eigenvalue weighted by Gasteiger charge is -2.17. The zero-order valence-corrected chi connectivity index (χ0v) is 10.4. The number of carbonyl (C=O) groups is 1. The highest BCUT2D eigenvalue weighted by Gasteiger charge is 2.13. The van der Waals surface area contributed by atoms with Crippen LogP contribution in [0.25, 0.3) is 0 Å². The minimum Gasteiger partial charge on any atom is -0.382 e. The Morgan fingerprint density at radius 3 is 2.71 bits per heavy atom. The van der Waals surface area contributed by atoms with Crippen molar-refractivity contribution in [2.45, 2.75) is 20.0 Å². The molecule has 2 N–H and O–H groups in total. The van der Waals surface area contributed by atoms with Crippen LogP contribution < -0.4 is 5.73 Å². The van der Waals surface area contributed by atoms with E-state index in [4.69, 9.17) is 10.5 Å². The van der Waals surface area contributed by atoms with Gasteiger partial charge in [-0.05, 0) is 26.0 Å². The quantitative estimate of drug-likeness (QED) is 0.810. The normalized spacial score (nSPS) is 10.6. The van der Waals surface area contributed by atoms with E-state index in [1.165, 1.54) is 0 Å². The first-order valence-electron chi connectivity index (χ1n) is 5.47. The molecule has 0 aromatic carbocycles. The summed E-state index contributed by atoms with van der Waals surface area (Å²) in [5.41, 5.74) is 5.68. The molecule has 0 saturated heterocycles. The maximum atomic E-state index is 11.9. The zero-order chi connectivity index (χ0) is 12.8. The summed E-state index contributed by atoms with van der Waals surface area (Å²) in [5.74, 6) is 0.109. The first kappa shape index (κ1) is 13.4. The topological polar surface area (TPSA) is 81.3 Å². The van der Waals surface area contributed by atoms with Crippen molar-refractivity contribution in [3.63, 3.8) is 0 Å². The predicted molar refractivity (Wildman–Crippen MR) is 64.5 cm³/mol. The summed E-state index contributed by atoms with van der Waals surface area (Å²) in [6, 6.07) is 3.11. The third-order valence-electron chi connectivity index (χ3n) is 2.13. The van der Waals surface area contributed by atoms with E-state index in [2.05, 4.69) is 10.2 Å². The summed E-state index contributed by atoms with van der Waals surface area (Å²) in [6.45, 7) is 4.92. The highest BCUT2D eigenvalue weighted by atomic mass is 16.5. The maximum Gasteiger partial charge on any atom is 0.274 e. The van der Waals surface area contributed by atoms with Crippen LogP contribution in [0, 0.1) is 0 Å². The van der Waals surface area contributed by atoms with Gasteiger partial charge in [-0.25, -0.2) is 0 Å². The molecule has 6 heteroatoms. The number of hydrogen-bond acceptors (Lipinski definition) is 5. The summed E-state index contributed by atoms with van der Waals surface area (Å²) in [5, 5.41) is 7.38. The second-order valence-corrected chi connectivity index (χ2v) is 3.99. The summed E-state index contributed by atoms with van der Waals surface area (Å²) in [6.07, 6.45) is 0.162. The van der Waals surface area contributed by atoms with E-state index in [1.807, 2.05) is 13.8 Å². The van der Waals surface area contributed by atoms with Gasteiger partial charge in [0.1, 0.15) is 5.82 Å². The number of hydrogen-bond donors (Lipinski definition) is 1. The molecule has 0 bridgehead atoms. The summed E-state index contributed by atoms with van der Waals surface area (Å²) < 4.78 is 5.37. The van der Waals surface area contributed by atoms with Crippen LogP contribution in [0.4, 0.5) is 5.82 Å². The molecule has 0 fully saturated rings. The lowest BCUT2D eigenvalue weighted by atomic mass is 10.3. The third-order valence-corrected chi connectivity index (χ3v) is 2.13. The van der Waals surface area contributed by atoms with Gasteiger partial charge in [0.25, 0.3) is 5.91 Å². The van der Waals surface area contributed by atoms with Crippen LogP contribution >= 0.6 is 0 Å². The van der Waals surface area contributed by atoms with Crippen LogP contribution in [0.1, 0.15) is 24.3 Å². The van der Waals surface area contributed by atoms with E-state index in [1.54, 1.807) is 24.1 Å². The minimum atomic E-state index is -0.190. The van der Waals surface area contributed by atoms with E-state index in [-0.39, 0.29) is 17.7 Å². The number of aromatic nitrogens is 2. The molecule has 0 spiro atoms. The average Bonchev–Trinajstić information content (AvgIpc) is 2.28. The molecule has 0 aliphatic rings. The number of likely N-dealkylation sites (N-methyl/N-ethyl adjacent to an activating group) is 1. The van der Waals surface area contributed by atoms with Crippen molar-refractivity contribution in [1.82, 2.24) is 15.1 Å². The van der Waals surface area contributed by atoms with E-state index in [0.29, 0.717) is 19.0 Å². The van der Waals surface area contributed by atoms with Crippen molar-refractivity contribution in [2.75, 3.05) is 25.9 Å². The molecule has 0 atom stereocenters. The number of carbonyl (C=O) groups excluding carboxylic acids is 1. The number of nitrogens with zero attached hydrogens (tertiary/aromatic N) is 3. The summed E-state index contributed by atoms with van der Waals surface area (Å²) in [4.78, 5) is 13.4. The van der Waals surface area contributed by atoms with Crippen molar-refractivity contribution in [2.24, 2.45) is 0 Å². The molecule has 1 heterocycles. The predicted octanol–water partition coefficient (Wildman–Crippen LogP) is 0.556. The van der Waals surface area contributed by atoms with Gasteiger partial charge >= 0.3 is 0 Å².